The Kier molecular flexibility index (Phi) is 8.52. The Morgan fingerprint density at radius 1 is 1.15 bits per heavy atom. The lowest BCUT2D eigenvalue weighted by atomic mass is 9.72. The van der Waals surface area contributed by atoms with Gasteiger partial charge in [-0.3, -0.25) is 9.63 Å². The molecule has 0 fully saturated rings. The molecule has 0 saturated heterocycles. The number of carbonyl (C=O) groups is 2. The molecule has 0 aromatic heterocycles. The van der Waals surface area contributed by atoms with Crippen molar-refractivity contribution in [2.75, 3.05) is 34.5 Å². The molecule has 27 heavy (non-hydrogen) atoms. The van der Waals surface area contributed by atoms with Crippen LogP contribution in [-0.2, 0) is 14.4 Å². The van der Waals surface area contributed by atoms with Gasteiger partial charge in [-0.05, 0) is 23.1 Å². The zero-order valence-corrected chi connectivity index (χ0v) is 16.8. The molecule has 0 aliphatic carbocycles. The van der Waals surface area contributed by atoms with Crippen molar-refractivity contribution in [3.05, 3.63) is 29.8 Å². The van der Waals surface area contributed by atoms with Gasteiger partial charge in [0.15, 0.2) is 0 Å². The maximum absolute atomic E-state index is 12.7. The largest absolute Gasteiger partial charge is 0.491 e. The SMILES string of the molecule is COCCOc1ccc([C@@H](C(NC(=O)O)C(=O)N(C)OC)C(C)(C)C)cc1. The maximum Gasteiger partial charge on any atom is 0.405 e. The van der Waals surface area contributed by atoms with Gasteiger partial charge in [-0.1, -0.05) is 32.9 Å². The highest BCUT2D eigenvalue weighted by molar-refractivity contribution is 5.85. The standard InChI is InChI=1S/C19H30N2O6/c1-19(2,3)15(16(20-18(23)24)17(22)21(4)26-6)13-7-9-14(10-8-13)27-12-11-25-5/h7-10,15-16,20H,11-12H2,1-6H3,(H,23,24)/t15-,16?/m0/s1. The Morgan fingerprint density at radius 3 is 2.19 bits per heavy atom. The van der Waals surface area contributed by atoms with Crippen LogP contribution >= 0.6 is 0 Å². The quantitative estimate of drug-likeness (QED) is 0.503. The highest BCUT2D eigenvalue weighted by atomic mass is 16.7. The number of nitrogens with one attached hydrogen (secondary N) is 1. The van der Waals surface area contributed by atoms with E-state index in [4.69, 9.17) is 14.3 Å². The van der Waals surface area contributed by atoms with Crippen molar-refractivity contribution < 1.29 is 29.0 Å². The lowest BCUT2D eigenvalue weighted by Gasteiger charge is -2.37. The van der Waals surface area contributed by atoms with E-state index in [1.165, 1.54) is 14.2 Å². The van der Waals surface area contributed by atoms with E-state index in [2.05, 4.69) is 5.32 Å². The van der Waals surface area contributed by atoms with Crippen molar-refractivity contribution in [3.63, 3.8) is 0 Å². The number of nitrogens with zero attached hydrogens (tertiary/aromatic N) is 1. The normalized spacial score (nSPS) is 13.6. The van der Waals surface area contributed by atoms with E-state index in [1.807, 2.05) is 32.9 Å². The Hall–Kier alpha value is -2.32. The fourth-order valence-electron chi connectivity index (χ4n) is 2.91. The van der Waals surface area contributed by atoms with Gasteiger partial charge in [-0.2, -0.15) is 0 Å². The fraction of sp³-hybridized carbons (Fsp3) is 0.579. The zero-order valence-electron chi connectivity index (χ0n) is 16.8. The lowest BCUT2D eigenvalue weighted by molar-refractivity contribution is -0.172. The van der Waals surface area contributed by atoms with E-state index in [0.717, 1.165) is 10.6 Å². The van der Waals surface area contributed by atoms with Crippen LogP contribution in [-0.4, -0.2) is 62.7 Å². The average Bonchev–Trinajstić information content (AvgIpc) is 2.60. The van der Waals surface area contributed by atoms with Crippen molar-refractivity contribution >= 4 is 12.0 Å². The first-order chi connectivity index (χ1) is 12.6. The molecular weight excluding hydrogens is 352 g/mol. The van der Waals surface area contributed by atoms with Gasteiger partial charge in [0.25, 0.3) is 5.91 Å². The van der Waals surface area contributed by atoms with Crippen molar-refractivity contribution in [1.29, 1.82) is 0 Å². The van der Waals surface area contributed by atoms with E-state index in [0.29, 0.717) is 19.0 Å². The van der Waals surface area contributed by atoms with Gasteiger partial charge >= 0.3 is 6.09 Å². The Labute approximate surface area is 160 Å². The van der Waals surface area contributed by atoms with Crippen LogP contribution in [0.1, 0.15) is 32.3 Å². The van der Waals surface area contributed by atoms with Crippen molar-refractivity contribution in [2.24, 2.45) is 5.41 Å². The highest BCUT2D eigenvalue weighted by Crippen LogP contribution is 2.39. The number of hydrogen-bond acceptors (Lipinski definition) is 5. The number of benzene rings is 1. The minimum absolute atomic E-state index is 0.407. The number of carboxylic acid groups (broad SMARTS) is 1. The maximum atomic E-state index is 12.7. The molecule has 0 heterocycles. The molecule has 8 nitrogen and oxygen atoms in total. The van der Waals surface area contributed by atoms with E-state index in [-0.39, 0.29) is 0 Å². The first-order valence-corrected chi connectivity index (χ1v) is 8.64. The molecular formula is C19H30N2O6. The summed E-state index contributed by atoms with van der Waals surface area (Å²) >= 11 is 0. The summed E-state index contributed by atoms with van der Waals surface area (Å²) in [6.45, 7) is 6.78. The third kappa shape index (κ3) is 6.73. The molecule has 1 aromatic rings. The van der Waals surface area contributed by atoms with Crippen molar-refractivity contribution in [3.8, 4) is 5.75 Å². The summed E-state index contributed by atoms with van der Waals surface area (Å²) in [6.07, 6.45) is -1.27. The van der Waals surface area contributed by atoms with Crippen LogP contribution in [0.2, 0.25) is 0 Å². The number of carbonyl (C=O) groups excluding carboxylic acids is 1. The lowest BCUT2D eigenvalue weighted by Crippen LogP contribution is -2.52. The number of hydrogen-bond donors (Lipinski definition) is 2. The molecule has 0 radical (unpaired) electrons. The summed E-state index contributed by atoms with van der Waals surface area (Å²) < 4.78 is 10.5. The molecule has 2 atom stereocenters. The summed E-state index contributed by atoms with van der Waals surface area (Å²) in [6, 6.07) is 6.27. The van der Waals surface area contributed by atoms with Crippen LogP contribution in [0, 0.1) is 5.41 Å². The second-order valence-corrected chi connectivity index (χ2v) is 7.20. The van der Waals surface area contributed by atoms with Crippen LogP contribution in [0.25, 0.3) is 0 Å². The number of rotatable bonds is 9. The van der Waals surface area contributed by atoms with E-state index < -0.39 is 29.4 Å². The number of methoxy groups -OCH3 is 1. The Morgan fingerprint density at radius 2 is 1.74 bits per heavy atom. The van der Waals surface area contributed by atoms with Gasteiger partial charge < -0.3 is 19.9 Å². The molecule has 0 saturated carbocycles. The zero-order chi connectivity index (χ0) is 20.6. The second-order valence-electron chi connectivity index (χ2n) is 7.20. The molecule has 8 heteroatoms. The average molecular weight is 382 g/mol. The first-order valence-electron chi connectivity index (χ1n) is 8.64. The molecule has 1 unspecified atom stereocenters. The summed E-state index contributed by atoms with van der Waals surface area (Å²) in [5, 5.41) is 12.6. The van der Waals surface area contributed by atoms with Gasteiger partial charge in [-0.15, -0.1) is 0 Å². The number of hydroxylamine groups is 2. The fourth-order valence-corrected chi connectivity index (χ4v) is 2.91. The molecule has 0 spiro atoms. The molecule has 152 valence electrons. The number of likely N-dealkylation sites (N-methyl/N-ethyl adjacent to an activating group) is 1. The Bertz CT molecular complexity index is 612. The van der Waals surface area contributed by atoms with Crippen LogP contribution in [0.5, 0.6) is 5.75 Å². The highest BCUT2D eigenvalue weighted by Gasteiger charge is 2.40. The van der Waals surface area contributed by atoms with Crippen molar-refractivity contribution in [1.82, 2.24) is 10.4 Å². The molecule has 0 bridgehead atoms. The molecule has 2 N–H and O–H groups in total. The molecule has 2 amide bonds. The van der Waals surface area contributed by atoms with Crippen molar-refractivity contribution in [2.45, 2.75) is 32.7 Å². The minimum atomic E-state index is -1.27. The van der Waals surface area contributed by atoms with Crippen LogP contribution in [0.15, 0.2) is 24.3 Å². The first kappa shape index (κ1) is 22.7. The summed E-state index contributed by atoms with van der Waals surface area (Å²) in [4.78, 5) is 29.0. The third-order valence-electron chi connectivity index (χ3n) is 4.19. The molecule has 0 aliphatic heterocycles. The van der Waals surface area contributed by atoms with Crippen LogP contribution in [0.3, 0.4) is 0 Å². The van der Waals surface area contributed by atoms with E-state index in [1.54, 1.807) is 19.2 Å². The monoisotopic (exact) mass is 382 g/mol. The van der Waals surface area contributed by atoms with Crippen LogP contribution < -0.4 is 10.1 Å². The number of ether oxygens (including phenoxy) is 2. The molecule has 0 aliphatic rings. The number of amides is 2. The van der Waals surface area contributed by atoms with E-state index in [9.17, 15) is 14.7 Å². The van der Waals surface area contributed by atoms with Crippen LogP contribution in [0.4, 0.5) is 4.79 Å². The smallest absolute Gasteiger partial charge is 0.405 e. The predicted octanol–water partition coefficient (Wildman–Crippen LogP) is 2.50. The third-order valence-corrected chi connectivity index (χ3v) is 4.19. The topological polar surface area (TPSA) is 97.3 Å². The second kappa shape index (κ2) is 10.1. The van der Waals surface area contributed by atoms with Gasteiger partial charge in [0.2, 0.25) is 0 Å². The summed E-state index contributed by atoms with van der Waals surface area (Å²) in [5.74, 6) is -0.224. The van der Waals surface area contributed by atoms with Gasteiger partial charge in [0.05, 0.1) is 13.7 Å². The molecule has 1 rings (SSSR count). The predicted molar refractivity (Wildman–Crippen MR) is 101 cm³/mol. The van der Waals surface area contributed by atoms with Gasteiger partial charge in [0, 0.05) is 20.1 Å². The van der Waals surface area contributed by atoms with E-state index >= 15 is 0 Å². The molecule has 1 aromatic carbocycles. The Balaban J connectivity index is 3.21. The summed E-state index contributed by atoms with van der Waals surface area (Å²) in [5.41, 5.74) is 0.411. The van der Waals surface area contributed by atoms with Gasteiger partial charge in [-0.25, -0.2) is 9.86 Å². The van der Waals surface area contributed by atoms with Gasteiger partial charge in [0.1, 0.15) is 18.4 Å². The summed E-state index contributed by atoms with van der Waals surface area (Å²) in [7, 11) is 4.41. The minimum Gasteiger partial charge on any atom is -0.491 e.